The second kappa shape index (κ2) is 6.36. The van der Waals surface area contributed by atoms with Gasteiger partial charge in [0.25, 0.3) is 0 Å². The number of nitrogens with zero attached hydrogens (tertiary/aromatic N) is 1. The van der Waals surface area contributed by atoms with Gasteiger partial charge in [0.05, 0.1) is 0 Å². The predicted octanol–water partition coefficient (Wildman–Crippen LogP) is 4.60. The van der Waals surface area contributed by atoms with Crippen molar-refractivity contribution in [3.63, 3.8) is 0 Å². The largest absolute Gasteiger partial charge is 0.338 e. The van der Waals surface area contributed by atoms with E-state index in [9.17, 15) is 4.79 Å². The monoisotopic (exact) mass is 356 g/mol. The third-order valence-corrected chi connectivity index (χ3v) is 4.21. The Hall–Kier alpha value is -2.07. The number of rotatable bonds is 4. The Morgan fingerprint density at radius 3 is 2.82 bits per heavy atom. The van der Waals surface area contributed by atoms with E-state index < -0.39 is 0 Å². The van der Waals surface area contributed by atoms with Crippen molar-refractivity contribution in [2.24, 2.45) is 0 Å². The molecular weight excluding hydrogens is 340 g/mol. The van der Waals surface area contributed by atoms with E-state index in [1.165, 1.54) is 0 Å². The lowest BCUT2D eigenvalue weighted by Crippen LogP contribution is -2.19. The number of anilines is 1. The highest BCUT2D eigenvalue weighted by Crippen LogP contribution is 2.21. The number of aromatic nitrogens is 1. The molecule has 0 saturated heterocycles. The van der Waals surface area contributed by atoms with Crippen LogP contribution in [-0.2, 0) is 17.8 Å². The summed E-state index contributed by atoms with van der Waals surface area (Å²) in [6.07, 6.45) is 2.85. The number of carbonyl (C=O) groups excluding carboxylic acids is 1. The first-order valence-corrected chi connectivity index (χ1v) is 8.09. The summed E-state index contributed by atoms with van der Waals surface area (Å²) in [5.74, 6) is -0.0127. The second-order valence-electron chi connectivity index (χ2n) is 5.21. The number of halogens is 1. The van der Waals surface area contributed by atoms with E-state index in [-0.39, 0.29) is 5.91 Å². The summed E-state index contributed by atoms with van der Waals surface area (Å²) in [7, 11) is 0. The van der Waals surface area contributed by atoms with Crippen molar-refractivity contribution in [2.75, 3.05) is 5.32 Å². The minimum atomic E-state index is -0.0127. The molecule has 0 spiro atoms. The zero-order valence-electron chi connectivity index (χ0n) is 12.3. The molecule has 0 aliphatic carbocycles. The minimum absolute atomic E-state index is 0.0127. The van der Waals surface area contributed by atoms with Crippen molar-refractivity contribution in [1.82, 2.24) is 4.57 Å². The molecule has 1 aromatic heterocycles. The average Bonchev–Trinajstić information content (AvgIpc) is 2.89. The van der Waals surface area contributed by atoms with E-state index >= 15 is 0 Å². The van der Waals surface area contributed by atoms with Crippen molar-refractivity contribution in [3.05, 3.63) is 64.8 Å². The summed E-state index contributed by atoms with van der Waals surface area (Å²) in [4.78, 5) is 12.3. The normalized spacial score (nSPS) is 10.8. The lowest BCUT2D eigenvalue weighted by Gasteiger charge is -2.10. The summed E-state index contributed by atoms with van der Waals surface area (Å²) < 4.78 is 3.00. The van der Waals surface area contributed by atoms with E-state index in [4.69, 9.17) is 0 Å². The molecule has 3 nitrogen and oxygen atoms in total. The highest BCUT2D eigenvalue weighted by Gasteiger charge is 2.08. The highest BCUT2D eigenvalue weighted by molar-refractivity contribution is 9.10. The van der Waals surface area contributed by atoms with Crippen LogP contribution in [0.15, 0.2) is 59.2 Å². The predicted molar refractivity (Wildman–Crippen MR) is 94.1 cm³/mol. The van der Waals surface area contributed by atoms with Crippen molar-refractivity contribution in [1.29, 1.82) is 0 Å². The number of amides is 1. The fourth-order valence-electron chi connectivity index (χ4n) is 2.60. The quantitative estimate of drug-likeness (QED) is 0.727. The van der Waals surface area contributed by atoms with Gasteiger partial charge in [0, 0.05) is 27.3 Å². The van der Waals surface area contributed by atoms with Crippen LogP contribution in [0.1, 0.15) is 12.5 Å². The van der Waals surface area contributed by atoms with Crippen LogP contribution in [0.3, 0.4) is 0 Å². The maximum absolute atomic E-state index is 12.3. The average molecular weight is 357 g/mol. The van der Waals surface area contributed by atoms with E-state index in [0.717, 1.165) is 33.0 Å². The standard InChI is InChI=1S/C18H17BrN2O/c1-2-13-5-3-4-6-16(13)20-18(22)12-21-10-9-14-11-15(19)7-8-17(14)21/h3-11H,2,12H2,1H3,(H,20,22). The van der Waals surface area contributed by atoms with Gasteiger partial charge in [-0.05, 0) is 42.3 Å². The van der Waals surface area contributed by atoms with Crippen LogP contribution < -0.4 is 5.32 Å². The Kier molecular flexibility index (Phi) is 4.29. The number of fused-ring (bicyclic) bond motifs is 1. The first kappa shape index (κ1) is 14.9. The Labute approximate surface area is 138 Å². The topological polar surface area (TPSA) is 34.0 Å². The molecule has 1 N–H and O–H groups in total. The SMILES string of the molecule is CCc1ccccc1NC(=O)Cn1ccc2cc(Br)ccc21. The maximum atomic E-state index is 12.3. The molecule has 3 aromatic rings. The lowest BCUT2D eigenvalue weighted by molar-refractivity contribution is -0.116. The molecular formula is C18H17BrN2O. The third-order valence-electron chi connectivity index (χ3n) is 3.72. The molecule has 22 heavy (non-hydrogen) atoms. The molecule has 0 unspecified atom stereocenters. The zero-order valence-corrected chi connectivity index (χ0v) is 13.9. The van der Waals surface area contributed by atoms with Gasteiger partial charge in [-0.2, -0.15) is 0 Å². The van der Waals surface area contributed by atoms with Gasteiger partial charge in [0.1, 0.15) is 6.54 Å². The smallest absolute Gasteiger partial charge is 0.244 e. The summed E-state index contributed by atoms with van der Waals surface area (Å²) in [6.45, 7) is 2.39. The first-order valence-electron chi connectivity index (χ1n) is 7.29. The van der Waals surface area contributed by atoms with Crippen LogP contribution in [0.4, 0.5) is 5.69 Å². The maximum Gasteiger partial charge on any atom is 0.244 e. The van der Waals surface area contributed by atoms with Crippen molar-refractivity contribution in [3.8, 4) is 0 Å². The molecule has 1 heterocycles. The van der Waals surface area contributed by atoms with E-state index in [1.807, 2.05) is 53.2 Å². The molecule has 0 aliphatic heterocycles. The van der Waals surface area contributed by atoms with Crippen LogP contribution in [0, 0.1) is 0 Å². The molecule has 0 aliphatic rings. The molecule has 0 bridgehead atoms. The summed E-state index contributed by atoms with van der Waals surface area (Å²) in [5.41, 5.74) is 3.11. The number of aryl methyl sites for hydroxylation is 1. The fourth-order valence-corrected chi connectivity index (χ4v) is 2.98. The van der Waals surface area contributed by atoms with Gasteiger partial charge in [-0.1, -0.05) is 41.1 Å². The van der Waals surface area contributed by atoms with E-state index in [0.29, 0.717) is 6.54 Å². The number of carbonyl (C=O) groups is 1. The Balaban J connectivity index is 1.78. The molecule has 0 atom stereocenters. The fraction of sp³-hybridized carbons (Fsp3) is 0.167. The molecule has 2 aromatic carbocycles. The summed E-state index contributed by atoms with van der Waals surface area (Å²) in [6, 6.07) is 16.0. The van der Waals surface area contributed by atoms with Gasteiger partial charge in [-0.3, -0.25) is 4.79 Å². The van der Waals surface area contributed by atoms with Gasteiger partial charge < -0.3 is 9.88 Å². The number of para-hydroxylation sites is 1. The van der Waals surface area contributed by atoms with Crippen molar-refractivity contribution < 1.29 is 4.79 Å². The molecule has 0 saturated carbocycles. The van der Waals surface area contributed by atoms with E-state index in [1.54, 1.807) is 0 Å². The summed E-state index contributed by atoms with van der Waals surface area (Å²) in [5, 5.41) is 4.13. The van der Waals surface area contributed by atoms with Crippen molar-refractivity contribution in [2.45, 2.75) is 19.9 Å². The van der Waals surface area contributed by atoms with Crippen molar-refractivity contribution >= 4 is 38.4 Å². The van der Waals surface area contributed by atoms with Gasteiger partial charge >= 0.3 is 0 Å². The molecule has 0 fully saturated rings. The first-order chi connectivity index (χ1) is 10.7. The van der Waals surface area contributed by atoms with Crippen LogP contribution in [0.2, 0.25) is 0 Å². The van der Waals surface area contributed by atoms with Crippen LogP contribution in [-0.4, -0.2) is 10.5 Å². The molecule has 1 amide bonds. The lowest BCUT2D eigenvalue weighted by atomic mass is 10.1. The molecule has 3 rings (SSSR count). The number of hydrogen-bond acceptors (Lipinski definition) is 1. The highest BCUT2D eigenvalue weighted by atomic mass is 79.9. The van der Waals surface area contributed by atoms with Crippen LogP contribution >= 0.6 is 15.9 Å². The van der Waals surface area contributed by atoms with Gasteiger partial charge in [0.2, 0.25) is 5.91 Å². The number of hydrogen-bond donors (Lipinski definition) is 1. The molecule has 4 heteroatoms. The number of nitrogens with one attached hydrogen (secondary N) is 1. The molecule has 0 radical (unpaired) electrons. The van der Waals surface area contributed by atoms with Gasteiger partial charge in [0.15, 0.2) is 0 Å². The zero-order chi connectivity index (χ0) is 15.5. The van der Waals surface area contributed by atoms with Crippen LogP contribution in [0.5, 0.6) is 0 Å². The summed E-state index contributed by atoms with van der Waals surface area (Å²) >= 11 is 3.46. The second-order valence-corrected chi connectivity index (χ2v) is 6.12. The van der Waals surface area contributed by atoms with E-state index in [2.05, 4.69) is 34.2 Å². The third kappa shape index (κ3) is 3.07. The van der Waals surface area contributed by atoms with Crippen LogP contribution in [0.25, 0.3) is 10.9 Å². The van der Waals surface area contributed by atoms with Gasteiger partial charge in [-0.25, -0.2) is 0 Å². The molecule has 112 valence electrons. The Morgan fingerprint density at radius 2 is 2.00 bits per heavy atom. The van der Waals surface area contributed by atoms with Gasteiger partial charge in [-0.15, -0.1) is 0 Å². The Morgan fingerprint density at radius 1 is 1.18 bits per heavy atom. The Bertz CT molecular complexity index is 823. The minimum Gasteiger partial charge on any atom is -0.338 e. The number of benzene rings is 2.